The summed E-state index contributed by atoms with van der Waals surface area (Å²) in [4.78, 5) is 9.12. The summed E-state index contributed by atoms with van der Waals surface area (Å²) in [6, 6.07) is 6.85. The van der Waals surface area contributed by atoms with Crippen LogP contribution in [0.4, 0.5) is 4.39 Å². The average Bonchev–Trinajstić information content (AvgIpc) is 3.23. The van der Waals surface area contributed by atoms with Crippen molar-refractivity contribution in [2.75, 3.05) is 0 Å². The minimum atomic E-state index is -0.247. The van der Waals surface area contributed by atoms with E-state index < -0.39 is 0 Å². The van der Waals surface area contributed by atoms with Gasteiger partial charge in [0.2, 0.25) is 0 Å². The van der Waals surface area contributed by atoms with E-state index in [0.717, 1.165) is 38.4 Å². The molecule has 0 aliphatic carbocycles. The first-order chi connectivity index (χ1) is 11.6. The second-order valence-corrected chi connectivity index (χ2v) is 6.09. The summed E-state index contributed by atoms with van der Waals surface area (Å²) >= 11 is 0. The van der Waals surface area contributed by atoms with Crippen LogP contribution in [0.1, 0.15) is 0 Å². The van der Waals surface area contributed by atoms with E-state index in [0.29, 0.717) is 5.65 Å². The monoisotopic (exact) mass is 319 g/mol. The Balaban J connectivity index is 1.85. The number of halogens is 1. The fraction of sp³-hybridized carbons (Fsp3) is 0.111. The molecule has 0 aliphatic heterocycles. The summed E-state index contributed by atoms with van der Waals surface area (Å²) in [5, 5.41) is 6.03. The van der Waals surface area contributed by atoms with Gasteiger partial charge in [-0.15, -0.1) is 0 Å². The summed E-state index contributed by atoms with van der Waals surface area (Å²) in [7, 11) is 3.91. The zero-order chi connectivity index (χ0) is 16.4. The number of aryl methyl sites for hydroxylation is 2. The normalized spacial score (nSPS) is 12.0. The summed E-state index contributed by atoms with van der Waals surface area (Å²) in [6.45, 7) is 0. The molecule has 0 radical (unpaired) electrons. The van der Waals surface area contributed by atoms with Crippen molar-refractivity contribution in [1.82, 2.24) is 24.3 Å². The Labute approximate surface area is 136 Å². The molecule has 4 heterocycles. The van der Waals surface area contributed by atoms with Gasteiger partial charge in [-0.05, 0) is 24.3 Å². The lowest BCUT2D eigenvalue weighted by Gasteiger charge is -1.96. The number of nitrogens with one attached hydrogen (secondary N) is 1. The van der Waals surface area contributed by atoms with Gasteiger partial charge in [-0.3, -0.25) is 4.68 Å². The number of rotatable bonds is 1. The Kier molecular flexibility index (Phi) is 2.46. The van der Waals surface area contributed by atoms with Gasteiger partial charge in [-0.25, -0.2) is 14.4 Å². The zero-order valence-electron chi connectivity index (χ0n) is 13.2. The molecule has 5 rings (SSSR count). The smallest absolute Gasteiger partial charge is 0.162 e. The Morgan fingerprint density at radius 2 is 2.00 bits per heavy atom. The van der Waals surface area contributed by atoms with Crippen molar-refractivity contribution in [3.8, 4) is 11.3 Å². The van der Waals surface area contributed by atoms with Crippen molar-refractivity contribution in [3.05, 3.63) is 48.7 Å². The Bertz CT molecular complexity index is 1240. The second kappa shape index (κ2) is 4.44. The molecule has 0 bridgehead atoms. The lowest BCUT2D eigenvalue weighted by Crippen LogP contribution is -1.89. The third kappa shape index (κ3) is 1.68. The quantitative estimate of drug-likeness (QED) is 0.511. The highest BCUT2D eigenvalue weighted by Crippen LogP contribution is 2.33. The number of hydrogen-bond donors (Lipinski definition) is 1. The van der Waals surface area contributed by atoms with Crippen LogP contribution in [0, 0.1) is 5.82 Å². The molecule has 5 aromatic rings. The highest BCUT2D eigenvalue weighted by molar-refractivity contribution is 6.06. The number of benzene rings is 1. The Hall–Kier alpha value is -3.15. The number of hydrogen-bond acceptors (Lipinski definition) is 2. The van der Waals surface area contributed by atoms with E-state index in [1.165, 1.54) is 6.07 Å². The van der Waals surface area contributed by atoms with Crippen molar-refractivity contribution in [3.63, 3.8) is 0 Å². The van der Waals surface area contributed by atoms with Gasteiger partial charge in [0.05, 0.1) is 11.2 Å². The molecule has 6 heteroatoms. The zero-order valence-corrected chi connectivity index (χ0v) is 13.2. The first-order valence-corrected chi connectivity index (χ1v) is 7.66. The average molecular weight is 319 g/mol. The van der Waals surface area contributed by atoms with Crippen LogP contribution in [0.3, 0.4) is 0 Å². The van der Waals surface area contributed by atoms with E-state index in [-0.39, 0.29) is 5.82 Å². The van der Waals surface area contributed by atoms with Crippen LogP contribution in [-0.4, -0.2) is 24.3 Å². The number of pyridine rings is 1. The largest absolute Gasteiger partial charge is 0.350 e. The molecule has 0 aliphatic rings. The maximum absolute atomic E-state index is 13.7. The predicted octanol–water partition coefficient (Wildman–Crippen LogP) is 3.75. The lowest BCUT2D eigenvalue weighted by atomic mass is 10.1. The molecule has 0 saturated carbocycles. The van der Waals surface area contributed by atoms with Crippen LogP contribution >= 0.6 is 0 Å². The summed E-state index contributed by atoms with van der Waals surface area (Å²) < 4.78 is 17.7. The van der Waals surface area contributed by atoms with E-state index in [9.17, 15) is 4.39 Å². The van der Waals surface area contributed by atoms with Crippen LogP contribution in [0.5, 0.6) is 0 Å². The summed E-state index contributed by atoms with van der Waals surface area (Å²) in [5.74, 6) is -0.247. The van der Waals surface area contributed by atoms with Crippen molar-refractivity contribution in [2.24, 2.45) is 14.1 Å². The summed E-state index contributed by atoms with van der Waals surface area (Å²) in [6.07, 6.45) is 5.72. The molecular weight excluding hydrogens is 305 g/mol. The van der Waals surface area contributed by atoms with Gasteiger partial charge < -0.3 is 9.67 Å². The van der Waals surface area contributed by atoms with Gasteiger partial charge in [0.15, 0.2) is 5.65 Å². The molecule has 1 aromatic carbocycles. The highest BCUT2D eigenvalue weighted by Gasteiger charge is 2.15. The van der Waals surface area contributed by atoms with E-state index in [2.05, 4.69) is 15.1 Å². The highest BCUT2D eigenvalue weighted by atomic mass is 19.1. The number of aromatic amines is 1. The van der Waals surface area contributed by atoms with Gasteiger partial charge in [0.1, 0.15) is 5.82 Å². The van der Waals surface area contributed by atoms with Crippen LogP contribution in [0.2, 0.25) is 0 Å². The molecular formula is C18H14FN5. The van der Waals surface area contributed by atoms with Crippen molar-refractivity contribution in [2.45, 2.75) is 0 Å². The molecule has 0 spiro atoms. The van der Waals surface area contributed by atoms with Crippen LogP contribution in [-0.2, 0) is 14.1 Å². The molecule has 0 amide bonds. The van der Waals surface area contributed by atoms with E-state index in [1.54, 1.807) is 12.1 Å². The van der Waals surface area contributed by atoms with Gasteiger partial charge in [0.25, 0.3) is 0 Å². The standard InChI is InChI=1S/C18H14FN5/c1-23-9-14(12-5-11(19)3-4-16(12)23)15-6-13-17-10(8-21-24(17)2)7-20-18(13)22-15/h3-9,21H,1-2H3. The number of aromatic nitrogens is 5. The minimum absolute atomic E-state index is 0.247. The fourth-order valence-corrected chi connectivity index (χ4v) is 3.45. The minimum Gasteiger partial charge on any atom is -0.350 e. The molecule has 0 unspecified atom stereocenters. The van der Waals surface area contributed by atoms with Crippen molar-refractivity contribution in [1.29, 1.82) is 0 Å². The van der Waals surface area contributed by atoms with Gasteiger partial charge in [-0.2, -0.15) is 0 Å². The maximum Gasteiger partial charge on any atom is 0.162 e. The first kappa shape index (κ1) is 13.3. The molecule has 0 fully saturated rings. The first-order valence-electron chi connectivity index (χ1n) is 7.66. The molecule has 4 aromatic heterocycles. The molecule has 0 saturated heterocycles. The van der Waals surface area contributed by atoms with Crippen molar-refractivity contribution < 1.29 is 4.39 Å². The van der Waals surface area contributed by atoms with E-state index >= 15 is 0 Å². The summed E-state index contributed by atoms with van der Waals surface area (Å²) in [5.41, 5.74) is 4.45. The molecule has 1 N–H and O–H groups in total. The topological polar surface area (TPSA) is 51.4 Å². The molecule has 24 heavy (non-hydrogen) atoms. The maximum atomic E-state index is 13.7. The number of H-pyrrole nitrogens is 1. The van der Waals surface area contributed by atoms with Crippen LogP contribution in [0.15, 0.2) is 42.9 Å². The van der Waals surface area contributed by atoms with Crippen LogP contribution < -0.4 is 0 Å². The predicted molar refractivity (Wildman–Crippen MR) is 92.2 cm³/mol. The molecule has 118 valence electrons. The number of nitrogens with zero attached hydrogens (tertiary/aromatic N) is 4. The fourth-order valence-electron chi connectivity index (χ4n) is 3.45. The molecule has 0 atom stereocenters. The third-order valence-electron chi connectivity index (χ3n) is 4.58. The van der Waals surface area contributed by atoms with Gasteiger partial charge in [-0.1, -0.05) is 0 Å². The van der Waals surface area contributed by atoms with Gasteiger partial charge in [0, 0.05) is 59.9 Å². The molecule has 5 nitrogen and oxygen atoms in total. The Morgan fingerprint density at radius 3 is 2.88 bits per heavy atom. The van der Waals surface area contributed by atoms with E-state index in [1.807, 2.05) is 48.0 Å². The van der Waals surface area contributed by atoms with Gasteiger partial charge >= 0.3 is 0 Å². The Morgan fingerprint density at radius 1 is 1.12 bits per heavy atom. The number of fused-ring (bicyclic) bond motifs is 4. The lowest BCUT2D eigenvalue weighted by molar-refractivity contribution is 0.629. The SMILES string of the molecule is Cn1cc(-c2cc3c(ncc4c[nH]n(C)c43)n2)c2cc(F)ccc21. The van der Waals surface area contributed by atoms with Crippen LogP contribution in [0.25, 0.3) is 44.1 Å². The van der Waals surface area contributed by atoms with E-state index in [4.69, 9.17) is 0 Å². The van der Waals surface area contributed by atoms with Crippen molar-refractivity contribution >= 4 is 32.8 Å². The third-order valence-corrected chi connectivity index (χ3v) is 4.58. The second-order valence-electron chi connectivity index (χ2n) is 6.09.